The molecule has 2 fully saturated rings. The standard InChI is InChI=1S/C24H23ClFN3O4S/c1-34-11-23-9-13(23)4-6-24(23)27-20(31)18-14-5-7-28(10-12-2-3-16(26)15(25)8-12)21(32)17(14)19(30)22(33)29(18)24/h2-3,8,13,30H,4-7,9-11H2,1H3,(H,27,31). The van der Waals surface area contributed by atoms with Crippen molar-refractivity contribution in [3.63, 3.8) is 0 Å². The summed E-state index contributed by atoms with van der Waals surface area (Å²) in [6, 6.07) is 4.22. The number of hydrogen-bond acceptors (Lipinski definition) is 5. The Kier molecular flexibility index (Phi) is 4.68. The van der Waals surface area contributed by atoms with Gasteiger partial charge in [0.15, 0.2) is 5.75 Å². The molecule has 34 heavy (non-hydrogen) atoms. The van der Waals surface area contributed by atoms with Gasteiger partial charge in [0.05, 0.1) is 10.6 Å². The second kappa shape index (κ2) is 7.24. The topological polar surface area (TPSA) is 91.6 Å². The fourth-order valence-electron chi connectivity index (χ4n) is 6.58. The Morgan fingerprint density at radius 3 is 2.82 bits per heavy atom. The third-order valence-corrected chi connectivity index (χ3v) is 9.27. The molecule has 178 valence electrons. The van der Waals surface area contributed by atoms with Gasteiger partial charge in [0.25, 0.3) is 17.4 Å². The third kappa shape index (κ3) is 2.68. The smallest absolute Gasteiger partial charge is 0.296 e. The number of aromatic nitrogens is 1. The van der Waals surface area contributed by atoms with Gasteiger partial charge in [-0.1, -0.05) is 17.7 Å². The minimum atomic E-state index is -0.846. The lowest BCUT2D eigenvalue weighted by atomic mass is 9.90. The first kappa shape index (κ1) is 22.0. The molecule has 0 saturated heterocycles. The van der Waals surface area contributed by atoms with E-state index in [9.17, 15) is 23.9 Å². The van der Waals surface area contributed by atoms with Gasteiger partial charge in [-0.2, -0.15) is 11.8 Å². The van der Waals surface area contributed by atoms with E-state index in [-0.39, 0.29) is 34.1 Å². The number of hydrogen-bond donors (Lipinski definition) is 2. The fraction of sp³-hybridized carbons (Fsp3) is 0.458. The maximum atomic E-state index is 13.5. The van der Waals surface area contributed by atoms with Gasteiger partial charge in [-0.15, -0.1) is 0 Å². The van der Waals surface area contributed by atoms with Gasteiger partial charge in [0.1, 0.15) is 17.2 Å². The van der Waals surface area contributed by atoms with Crippen LogP contribution in [0.4, 0.5) is 4.39 Å². The Morgan fingerprint density at radius 2 is 2.12 bits per heavy atom. The number of nitrogens with zero attached hydrogens (tertiary/aromatic N) is 2. The van der Waals surface area contributed by atoms with E-state index in [2.05, 4.69) is 5.32 Å². The van der Waals surface area contributed by atoms with Crippen molar-refractivity contribution < 1.29 is 19.1 Å². The van der Waals surface area contributed by atoms with Crippen molar-refractivity contribution in [1.29, 1.82) is 0 Å². The summed E-state index contributed by atoms with van der Waals surface area (Å²) in [6.45, 7) is 0.440. The first-order valence-corrected chi connectivity index (χ1v) is 13.1. The van der Waals surface area contributed by atoms with Crippen LogP contribution in [0.1, 0.15) is 51.2 Å². The summed E-state index contributed by atoms with van der Waals surface area (Å²) in [5.74, 6) is -0.781. The maximum absolute atomic E-state index is 13.5. The number of fused-ring (bicyclic) bond motifs is 6. The van der Waals surface area contributed by atoms with Crippen LogP contribution in [0.3, 0.4) is 0 Å². The zero-order valence-electron chi connectivity index (χ0n) is 18.5. The second-order valence-corrected chi connectivity index (χ2v) is 11.0. The summed E-state index contributed by atoms with van der Waals surface area (Å²) < 4.78 is 15.0. The molecule has 2 saturated carbocycles. The van der Waals surface area contributed by atoms with Gasteiger partial charge in [0, 0.05) is 29.8 Å². The molecule has 0 radical (unpaired) electrons. The van der Waals surface area contributed by atoms with Crippen molar-refractivity contribution in [1.82, 2.24) is 14.8 Å². The number of carbonyl (C=O) groups is 2. The van der Waals surface area contributed by atoms with Crippen LogP contribution < -0.4 is 10.9 Å². The van der Waals surface area contributed by atoms with E-state index in [4.69, 9.17) is 11.6 Å². The molecular weight excluding hydrogens is 481 g/mol. The summed E-state index contributed by atoms with van der Waals surface area (Å²) in [5, 5.41) is 14.1. The number of aromatic hydroxyl groups is 1. The minimum absolute atomic E-state index is 0.0441. The normalized spacial score (nSPS) is 28.7. The first-order valence-electron chi connectivity index (χ1n) is 11.3. The van der Waals surface area contributed by atoms with Crippen LogP contribution >= 0.6 is 23.4 Å². The SMILES string of the molecule is CSCC12CC1CCC21NC(=O)c2c3c(c(O)c(=O)n21)C(=O)N(Cc1ccc(F)c(Cl)c1)CC3. The number of benzene rings is 1. The first-order chi connectivity index (χ1) is 16.2. The van der Waals surface area contributed by atoms with E-state index in [0.29, 0.717) is 36.4 Å². The lowest BCUT2D eigenvalue weighted by Crippen LogP contribution is -2.53. The Labute approximate surface area is 204 Å². The van der Waals surface area contributed by atoms with Crippen LogP contribution in [-0.2, 0) is 18.6 Å². The van der Waals surface area contributed by atoms with Crippen LogP contribution in [0.2, 0.25) is 5.02 Å². The average molecular weight is 504 g/mol. The zero-order valence-corrected chi connectivity index (χ0v) is 20.1. The highest BCUT2D eigenvalue weighted by molar-refractivity contribution is 7.98. The number of carbonyl (C=O) groups excluding carboxylic acids is 2. The van der Waals surface area contributed by atoms with E-state index < -0.39 is 28.7 Å². The zero-order chi connectivity index (χ0) is 24.0. The number of pyridine rings is 1. The highest BCUT2D eigenvalue weighted by Crippen LogP contribution is 2.71. The molecule has 1 aromatic carbocycles. The molecule has 4 aliphatic rings. The lowest BCUT2D eigenvalue weighted by Gasteiger charge is -2.37. The molecular formula is C24H23ClFN3O4S. The molecule has 0 bridgehead atoms. The van der Waals surface area contributed by atoms with Gasteiger partial charge in [-0.25, -0.2) is 4.39 Å². The molecule has 3 unspecified atom stereocenters. The molecule has 6 rings (SSSR count). The number of thioether (sulfide) groups is 1. The molecule has 2 aliphatic heterocycles. The number of amides is 2. The Hall–Kier alpha value is -2.52. The molecule has 3 atom stereocenters. The van der Waals surface area contributed by atoms with E-state index in [1.54, 1.807) is 11.8 Å². The van der Waals surface area contributed by atoms with Crippen LogP contribution in [-0.4, -0.2) is 44.9 Å². The lowest BCUT2D eigenvalue weighted by molar-refractivity contribution is 0.0720. The van der Waals surface area contributed by atoms with Crippen molar-refractivity contribution in [3.8, 4) is 5.75 Å². The Balaban J connectivity index is 1.44. The minimum Gasteiger partial charge on any atom is -0.502 e. The van der Waals surface area contributed by atoms with Crippen molar-refractivity contribution >= 4 is 35.2 Å². The van der Waals surface area contributed by atoms with Crippen molar-refractivity contribution in [2.75, 3.05) is 18.6 Å². The van der Waals surface area contributed by atoms with Crippen molar-refractivity contribution in [2.24, 2.45) is 11.3 Å². The predicted octanol–water partition coefficient (Wildman–Crippen LogP) is 3.10. The van der Waals surface area contributed by atoms with Crippen molar-refractivity contribution in [2.45, 2.75) is 37.9 Å². The summed E-state index contributed by atoms with van der Waals surface area (Å²) in [4.78, 5) is 41.7. The molecule has 10 heteroatoms. The average Bonchev–Trinajstić information content (AvgIpc) is 3.33. The maximum Gasteiger partial charge on any atom is 0.296 e. The van der Waals surface area contributed by atoms with Crippen molar-refractivity contribution in [3.05, 3.63) is 61.8 Å². The Bertz CT molecular complexity index is 1350. The molecule has 1 aromatic heterocycles. The molecule has 7 nitrogen and oxygen atoms in total. The van der Waals surface area contributed by atoms with Gasteiger partial charge in [-0.3, -0.25) is 19.0 Å². The summed E-state index contributed by atoms with van der Waals surface area (Å²) >= 11 is 7.57. The molecule has 3 heterocycles. The van der Waals surface area contributed by atoms with Gasteiger partial charge < -0.3 is 15.3 Å². The number of rotatable bonds is 4. The van der Waals surface area contributed by atoms with Crippen LogP contribution in [0.5, 0.6) is 5.75 Å². The van der Waals surface area contributed by atoms with Gasteiger partial charge in [0.2, 0.25) is 0 Å². The fourth-order valence-corrected chi connectivity index (χ4v) is 7.89. The number of nitrogens with one attached hydrogen (secondary N) is 1. The Morgan fingerprint density at radius 1 is 1.32 bits per heavy atom. The predicted molar refractivity (Wildman–Crippen MR) is 126 cm³/mol. The summed E-state index contributed by atoms with van der Waals surface area (Å²) in [5.41, 5.74) is -0.585. The summed E-state index contributed by atoms with van der Waals surface area (Å²) in [6.07, 6.45) is 4.83. The van der Waals surface area contributed by atoms with Gasteiger partial charge >= 0.3 is 0 Å². The van der Waals surface area contributed by atoms with E-state index in [1.807, 2.05) is 6.26 Å². The number of halogens is 2. The quantitative estimate of drug-likeness (QED) is 0.669. The van der Waals surface area contributed by atoms with E-state index in [1.165, 1.54) is 27.7 Å². The molecule has 2 N–H and O–H groups in total. The van der Waals surface area contributed by atoms with Gasteiger partial charge in [-0.05, 0) is 55.6 Å². The third-order valence-electron chi connectivity index (χ3n) is 8.17. The molecule has 2 amide bonds. The van der Waals surface area contributed by atoms with E-state index >= 15 is 0 Å². The van der Waals surface area contributed by atoms with Crippen LogP contribution in [0.25, 0.3) is 0 Å². The molecule has 1 spiro atoms. The van der Waals surface area contributed by atoms with Crippen LogP contribution in [0.15, 0.2) is 23.0 Å². The summed E-state index contributed by atoms with van der Waals surface area (Å²) in [7, 11) is 0. The van der Waals surface area contributed by atoms with E-state index in [0.717, 1.165) is 18.6 Å². The monoisotopic (exact) mass is 503 g/mol. The largest absolute Gasteiger partial charge is 0.502 e. The highest BCUT2D eigenvalue weighted by Gasteiger charge is 2.74. The molecule has 2 aliphatic carbocycles. The van der Waals surface area contributed by atoms with Crippen LogP contribution in [0, 0.1) is 17.2 Å². The molecule has 2 aromatic rings. The second-order valence-electron chi connectivity index (χ2n) is 9.76. The highest BCUT2D eigenvalue weighted by atomic mass is 35.5.